The monoisotopic (exact) mass is 441 g/mol. The minimum absolute atomic E-state index is 0.0400. The van der Waals surface area contributed by atoms with Crippen molar-refractivity contribution in [2.24, 2.45) is 10.2 Å². The normalized spacial score (nSPS) is 12.4. The number of halogens is 3. The van der Waals surface area contributed by atoms with Crippen LogP contribution in [0.15, 0.2) is 63.1 Å². The van der Waals surface area contributed by atoms with Gasteiger partial charge in [-0.3, -0.25) is 9.48 Å². The Hall–Kier alpha value is -3.45. The number of sulfonamides is 1. The number of hydrazone groups is 1. The lowest BCUT2D eigenvalue weighted by Gasteiger charge is -2.02. The largest absolute Gasteiger partial charge is 0.455 e. The molecule has 1 amide bonds. The Morgan fingerprint density at radius 1 is 1.20 bits per heavy atom. The van der Waals surface area contributed by atoms with Gasteiger partial charge in [-0.15, -0.1) is 0 Å². The van der Waals surface area contributed by atoms with E-state index in [1.165, 1.54) is 30.5 Å². The van der Waals surface area contributed by atoms with E-state index in [1.807, 2.05) is 0 Å². The Bertz CT molecular complexity index is 1180. The summed E-state index contributed by atoms with van der Waals surface area (Å²) in [6, 6.07) is 9.62. The van der Waals surface area contributed by atoms with Gasteiger partial charge in [-0.1, -0.05) is 0 Å². The second-order valence-electron chi connectivity index (χ2n) is 5.96. The van der Waals surface area contributed by atoms with E-state index < -0.39 is 34.3 Å². The predicted octanol–water partition coefficient (Wildman–Crippen LogP) is 1.96. The number of alkyl halides is 3. The van der Waals surface area contributed by atoms with E-state index in [9.17, 15) is 26.4 Å². The Morgan fingerprint density at radius 2 is 1.90 bits per heavy atom. The summed E-state index contributed by atoms with van der Waals surface area (Å²) in [4.78, 5) is 11.7. The highest BCUT2D eigenvalue weighted by molar-refractivity contribution is 7.89. The highest BCUT2D eigenvalue weighted by atomic mass is 32.2. The number of benzene rings is 1. The summed E-state index contributed by atoms with van der Waals surface area (Å²) in [6.07, 6.45) is -2.35. The number of nitrogens with one attached hydrogen (secondary N) is 1. The zero-order valence-electron chi connectivity index (χ0n) is 15.0. The van der Waals surface area contributed by atoms with Gasteiger partial charge in [0, 0.05) is 11.8 Å². The number of hydrogen-bond acceptors (Lipinski definition) is 6. The quantitative estimate of drug-likeness (QED) is 0.446. The maximum atomic E-state index is 12.5. The summed E-state index contributed by atoms with van der Waals surface area (Å²) >= 11 is 0. The maximum Gasteiger partial charge on any atom is 0.435 e. The predicted molar refractivity (Wildman–Crippen MR) is 98.5 cm³/mol. The highest BCUT2D eigenvalue weighted by Crippen LogP contribution is 2.27. The summed E-state index contributed by atoms with van der Waals surface area (Å²) in [6.45, 7) is -0.451. The smallest absolute Gasteiger partial charge is 0.435 e. The van der Waals surface area contributed by atoms with Crippen LogP contribution in [0.1, 0.15) is 11.5 Å². The Labute approximate surface area is 168 Å². The Balaban J connectivity index is 1.58. The molecule has 13 heteroatoms. The van der Waals surface area contributed by atoms with Crippen LogP contribution in [0.4, 0.5) is 13.2 Å². The average Bonchev–Trinajstić information content (AvgIpc) is 3.30. The lowest BCUT2D eigenvalue weighted by molar-refractivity contribution is -0.141. The number of carbonyl (C=O) groups excluding carboxylic acids is 1. The number of carbonyl (C=O) groups is 1. The van der Waals surface area contributed by atoms with Gasteiger partial charge in [-0.25, -0.2) is 19.0 Å². The van der Waals surface area contributed by atoms with E-state index in [0.717, 1.165) is 16.9 Å². The molecule has 0 aliphatic carbocycles. The molecule has 0 radical (unpaired) electrons. The van der Waals surface area contributed by atoms with Crippen molar-refractivity contribution in [3.05, 3.63) is 60.1 Å². The molecule has 158 valence electrons. The van der Waals surface area contributed by atoms with E-state index in [4.69, 9.17) is 9.56 Å². The first-order valence-electron chi connectivity index (χ1n) is 8.18. The summed E-state index contributed by atoms with van der Waals surface area (Å²) in [5.41, 5.74) is 1.64. The first-order valence-corrected chi connectivity index (χ1v) is 9.72. The number of nitrogens with two attached hydrogens (primary N) is 1. The molecular weight excluding hydrogens is 427 g/mol. The lowest BCUT2D eigenvalue weighted by Crippen LogP contribution is -2.23. The van der Waals surface area contributed by atoms with Gasteiger partial charge in [0.05, 0.1) is 11.1 Å². The van der Waals surface area contributed by atoms with Gasteiger partial charge >= 0.3 is 6.18 Å². The summed E-state index contributed by atoms with van der Waals surface area (Å²) in [7, 11) is -3.80. The standard InChI is InChI=1S/C17H14F3N5O4S/c18-17(19,20)15-7-8-25(24-15)10-16(26)23-22-9-12-3-6-14(29-12)11-1-4-13(5-2-11)30(21,27)28/h1-9H,10H2,(H,23,26)(H2,21,27,28)/b22-9+. The molecule has 0 saturated heterocycles. The van der Waals surface area contributed by atoms with Crippen LogP contribution in [0.2, 0.25) is 0 Å². The van der Waals surface area contributed by atoms with Gasteiger partial charge in [0.15, 0.2) is 5.69 Å². The molecule has 30 heavy (non-hydrogen) atoms. The van der Waals surface area contributed by atoms with Crippen LogP contribution in [-0.2, 0) is 27.5 Å². The number of hydrogen-bond donors (Lipinski definition) is 2. The minimum Gasteiger partial charge on any atom is -0.455 e. The SMILES string of the molecule is NS(=O)(=O)c1ccc(-c2ccc(/C=N/NC(=O)Cn3ccc(C(F)(F)F)n3)o2)cc1. The Kier molecular flexibility index (Phi) is 5.75. The van der Waals surface area contributed by atoms with Crippen molar-refractivity contribution in [1.29, 1.82) is 0 Å². The highest BCUT2D eigenvalue weighted by Gasteiger charge is 2.33. The zero-order valence-corrected chi connectivity index (χ0v) is 15.8. The van der Waals surface area contributed by atoms with Crippen LogP contribution in [0.5, 0.6) is 0 Å². The molecule has 0 aliphatic heterocycles. The molecular formula is C17H14F3N5O4S. The van der Waals surface area contributed by atoms with Gasteiger partial charge in [-0.2, -0.15) is 23.4 Å². The molecule has 0 aliphatic rings. The Morgan fingerprint density at radius 3 is 2.50 bits per heavy atom. The van der Waals surface area contributed by atoms with Gasteiger partial charge in [0.2, 0.25) is 10.0 Å². The zero-order chi connectivity index (χ0) is 21.9. The fourth-order valence-corrected chi connectivity index (χ4v) is 2.85. The topological polar surface area (TPSA) is 133 Å². The van der Waals surface area contributed by atoms with E-state index in [1.54, 1.807) is 12.1 Å². The van der Waals surface area contributed by atoms with Crippen molar-refractivity contribution in [2.75, 3.05) is 0 Å². The third-order valence-electron chi connectivity index (χ3n) is 3.71. The van der Waals surface area contributed by atoms with Crippen molar-refractivity contribution in [1.82, 2.24) is 15.2 Å². The van der Waals surface area contributed by atoms with E-state index >= 15 is 0 Å². The van der Waals surface area contributed by atoms with Gasteiger partial charge in [0.1, 0.15) is 18.1 Å². The third-order valence-corrected chi connectivity index (χ3v) is 4.64. The lowest BCUT2D eigenvalue weighted by atomic mass is 10.2. The van der Waals surface area contributed by atoms with Crippen LogP contribution in [0, 0.1) is 0 Å². The van der Waals surface area contributed by atoms with Crippen LogP contribution in [0.25, 0.3) is 11.3 Å². The molecule has 0 fully saturated rings. The van der Waals surface area contributed by atoms with Crippen LogP contribution < -0.4 is 10.6 Å². The first-order chi connectivity index (χ1) is 14.0. The van der Waals surface area contributed by atoms with Crippen LogP contribution in [0.3, 0.4) is 0 Å². The third kappa shape index (κ3) is 5.33. The molecule has 3 rings (SSSR count). The van der Waals surface area contributed by atoms with Crippen LogP contribution >= 0.6 is 0 Å². The van der Waals surface area contributed by atoms with Crippen molar-refractivity contribution in [2.45, 2.75) is 17.6 Å². The molecule has 2 aromatic heterocycles. The summed E-state index contributed by atoms with van der Waals surface area (Å²) in [5.74, 6) is 0.00711. The number of rotatable bonds is 6. The molecule has 0 bridgehead atoms. The van der Waals surface area contributed by atoms with Gasteiger partial charge in [0.25, 0.3) is 5.91 Å². The molecule has 1 aromatic carbocycles. The molecule has 0 unspecified atom stereocenters. The van der Waals surface area contributed by atoms with Crippen LogP contribution in [-0.4, -0.2) is 30.3 Å². The molecule has 0 atom stereocenters. The molecule has 0 saturated carbocycles. The first kappa shape index (κ1) is 21.3. The van der Waals surface area contributed by atoms with Crippen molar-refractivity contribution >= 4 is 22.1 Å². The van der Waals surface area contributed by atoms with E-state index in [2.05, 4.69) is 15.6 Å². The fraction of sp³-hybridized carbons (Fsp3) is 0.118. The number of nitrogens with zero attached hydrogens (tertiary/aromatic N) is 3. The summed E-state index contributed by atoms with van der Waals surface area (Å²) < 4.78 is 66.3. The molecule has 3 N–H and O–H groups in total. The molecule has 3 aromatic rings. The average molecular weight is 441 g/mol. The van der Waals surface area contributed by atoms with Crippen molar-refractivity contribution in [3.8, 4) is 11.3 Å². The second-order valence-corrected chi connectivity index (χ2v) is 7.52. The van der Waals surface area contributed by atoms with E-state index in [0.29, 0.717) is 11.3 Å². The summed E-state index contributed by atoms with van der Waals surface area (Å²) in [5, 5.41) is 12.0. The van der Waals surface area contributed by atoms with Crippen molar-refractivity contribution in [3.63, 3.8) is 0 Å². The minimum atomic E-state index is -4.59. The number of amides is 1. The maximum absolute atomic E-state index is 12.5. The van der Waals surface area contributed by atoms with E-state index in [-0.39, 0.29) is 10.7 Å². The number of primary sulfonamides is 1. The number of aromatic nitrogens is 2. The van der Waals surface area contributed by atoms with Gasteiger partial charge in [-0.05, 0) is 42.5 Å². The van der Waals surface area contributed by atoms with Gasteiger partial charge < -0.3 is 4.42 Å². The molecule has 2 heterocycles. The van der Waals surface area contributed by atoms with Crippen molar-refractivity contribution < 1.29 is 30.8 Å². The number of furan rings is 1. The second kappa shape index (κ2) is 8.12. The fourth-order valence-electron chi connectivity index (χ4n) is 2.34. The molecule has 9 nitrogen and oxygen atoms in total. The molecule has 0 spiro atoms.